The van der Waals surface area contributed by atoms with Crippen LogP contribution in [0, 0.1) is 0 Å². The average molecular weight is 344 g/mol. The van der Waals surface area contributed by atoms with Crippen LogP contribution in [0.25, 0.3) is 10.8 Å². The third-order valence-corrected chi connectivity index (χ3v) is 4.29. The molecular formula is C17H20N4O4. The second-order valence-corrected chi connectivity index (χ2v) is 5.92. The van der Waals surface area contributed by atoms with Crippen molar-refractivity contribution < 1.29 is 19.1 Å². The molecular weight excluding hydrogens is 324 g/mol. The van der Waals surface area contributed by atoms with E-state index in [2.05, 4.69) is 4.98 Å². The summed E-state index contributed by atoms with van der Waals surface area (Å²) in [6.45, 7) is 1.29. The fourth-order valence-electron chi connectivity index (χ4n) is 3.19. The molecule has 0 radical (unpaired) electrons. The number of nitrogens with two attached hydrogens (primary N) is 2. The number of piperidine rings is 1. The van der Waals surface area contributed by atoms with Crippen molar-refractivity contribution in [1.29, 1.82) is 0 Å². The van der Waals surface area contributed by atoms with Crippen LogP contribution < -0.4 is 21.1 Å². The van der Waals surface area contributed by atoms with Crippen molar-refractivity contribution in [3.63, 3.8) is 0 Å². The van der Waals surface area contributed by atoms with Crippen LogP contribution in [-0.4, -0.2) is 43.3 Å². The average Bonchev–Trinajstić information content (AvgIpc) is 2.59. The van der Waals surface area contributed by atoms with Gasteiger partial charge in [0.1, 0.15) is 17.7 Å². The maximum Gasteiger partial charge on any atom is 0.404 e. The number of primary amides is 2. The summed E-state index contributed by atoms with van der Waals surface area (Å²) in [5.41, 5.74) is 10.9. The van der Waals surface area contributed by atoms with E-state index in [9.17, 15) is 9.59 Å². The van der Waals surface area contributed by atoms with Crippen LogP contribution in [0.3, 0.4) is 0 Å². The Morgan fingerprint density at radius 1 is 1.32 bits per heavy atom. The lowest BCUT2D eigenvalue weighted by molar-refractivity contribution is 0.0963. The van der Waals surface area contributed by atoms with Gasteiger partial charge in [0.25, 0.3) is 5.91 Å². The summed E-state index contributed by atoms with van der Waals surface area (Å²) in [4.78, 5) is 29.1. The molecule has 0 aliphatic carbocycles. The number of amides is 2. The van der Waals surface area contributed by atoms with E-state index in [1.54, 1.807) is 18.3 Å². The molecule has 1 unspecified atom stereocenters. The van der Waals surface area contributed by atoms with Crippen LogP contribution in [-0.2, 0) is 4.74 Å². The van der Waals surface area contributed by atoms with Crippen molar-refractivity contribution in [1.82, 2.24) is 4.98 Å². The van der Waals surface area contributed by atoms with Crippen molar-refractivity contribution in [2.45, 2.75) is 18.9 Å². The fraction of sp³-hybridized carbons (Fsp3) is 0.353. The van der Waals surface area contributed by atoms with Crippen LogP contribution in [0.5, 0.6) is 5.75 Å². The lowest BCUT2D eigenvalue weighted by atomic mass is 10.0. The number of rotatable bonds is 4. The predicted octanol–water partition coefficient (Wildman–Crippen LogP) is 1.41. The standard InChI is InChI=1S/C17H20N4O4/c1-24-14-8-12-10(7-13(14)15(18)22)4-5-20-16(12)21-6-2-3-11(9-21)25-17(19)23/h4-5,7-8,11H,2-3,6,9H2,1H3,(H2,18,22)(H2,19,23). The van der Waals surface area contributed by atoms with Gasteiger partial charge in [0, 0.05) is 18.1 Å². The van der Waals surface area contributed by atoms with Crippen molar-refractivity contribution >= 4 is 28.6 Å². The molecule has 0 saturated carbocycles. The molecule has 0 bridgehead atoms. The lowest BCUT2D eigenvalue weighted by Crippen LogP contribution is -2.41. The number of carbonyl (C=O) groups is 2. The van der Waals surface area contributed by atoms with E-state index in [1.807, 2.05) is 11.0 Å². The molecule has 2 heterocycles. The number of anilines is 1. The molecule has 132 valence electrons. The third kappa shape index (κ3) is 3.42. The number of methoxy groups -OCH3 is 1. The number of aromatic nitrogens is 1. The van der Waals surface area contributed by atoms with Crippen LogP contribution in [0.4, 0.5) is 10.6 Å². The molecule has 1 aromatic heterocycles. The SMILES string of the molecule is COc1cc2c(N3CCCC(OC(N)=O)C3)nccc2cc1C(N)=O. The molecule has 8 nitrogen and oxygen atoms in total. The van der Waals surface area contributed by atoms with Gasteiger partial charge in [-0.2, -0.15) is 0 Å². The van der Waals surface area contributed by atoms with Crippen molar-refractivity contribution in [3.05, 3.63) is 30.0 Å². The Hall–Kier alpha value is -3.03. The van der Waals surface area contributed by atoms with Gasteiger partial charge in [-0.3, -0.25) is 4.79 Å². The Morgan fingerprint density at radius 2 is 2.12 bits per heavy atom. The monoisotopic (exact) mass is 344 g/mol. The molecule has 1 aromatic carbocycles. The summed E-state index contributed by atoms with van der Waals surface area (Å²) in [5.74, 6) is 0.589. The lowest BCUT2D eigenvalue weighted by Gasteiger charge is -2.33. The number of fused-ring (bicyclic) bond motifs is 1. The molecule has 2 aromatic rings. The Bertz CT molecular complexity index is 824. The summed E-state index contributed by atoms with van der Waals surface area (Å²) in [6, 6.07) is 5.27. The van der Waals surface area contributed by atoms with E-state index < -0.39 is 12.0 Å². The topological polar surface area (TPSA) is 121 Å². The molecule has 1 aliphatic heterocycles. The van der Waals surface area contributed by atoms with Crippen LogP contribution >= 0.6 is 0 Å². The second-order valence-electron chi connectivity index (χ2n) is 5.92. The summed E-state index contributed by atoms with van der Waals surface area (Å²) < 4.78 is 10.4. The van der Waals surface area contributed by atoms with E-state index in [-0.39, 0.29) is 6.10 Å². The zero-order valence-electron chi connectivity index (χ0n) is 13.9. The largest absolute Gasteiger partial charge is 0.496 e. The first-order valence-corrected chi connectivity index (χ1v) is 7.97. The summed E-state index contributed by atoms with van der Waals surface area (Å²) >= 11 is 0. The maximum absolute atomic E-state index is 11.6. The van der Waals surface area contributed by atoms with Gasteiger partial charge in [-0.1, -0.05) is 0 Å². The first-order chi connectivity index (χ1) is 12.0. The van der Waals surface area contributed by atoms with E-state index in [0.717, 1.165) is 36.0 Å². The van der Waals surface area contributed by atoms with Crippen molar-refractivity contribution in [2.75, 3.05) is 25.1 Å². The number of ether oxygens (including phenoxy) is 2. The normalized spacial score (nSPS) is 17.3. The number of hydrogen-bond donors (Lipinski definition) is 2. The van der Waals surface area contributed by atoms with Gasteiger partial charge in [-0.15, -0.1) is 0 Å². The molecule has 2 amide bonds. The van der Waals surface area contributed by atoms with Gasteiger partial charge in [0.05, 0.1) is 19.2 Å². The van der Waals surface area contributed by atoms with Gasteiger partial charge < -0.3 is 25.8 Å². The predicted molar refractivity (Wildman–Crippen MR) is 92.7 cm³/mol. The highest BCUT2D eigenvalue weighted by Gasteiger charge is 2.25. The first kappa shape index (κ1) is 16.8. The fourth-order valence-corrected chi connectivity index (χ4v) is 3.19. The molecule has 1 aliphatic rings. The van der Waals surface area contributed by atoms with Crippen LogP contribution in [0.1, 0.15) is 23.2 Å². The molecule has 8 heteroatoms. The van der Waals surface area contributed by atoms with Gasteiger partial charge in [0.15, 0.2) is 0 Å². The van der Waals surface area contributed by atoms with Crippen LogP contribution in [0.2, 0.25) is 0 Å². The van der Waals surface area contributed by atoms with E-state index >= 15 is 0 Å². The van der Waals surface area contributed by atoms with E-state index in [4.69, 9.17) is 20.9 Å². The number of benzene rings is 1. The highest BCUT2D eigenvalue weighted by Crippen LogP contribution is 2.32. The number of pyridine rings is 1. The molecule has 1 fully saturated rings. The van der Waals surface area contributed by atoms with Crippen LogP contribution in [0.15, 0.2) is 24.4 Å². The van der Waals surface area contributed by atoms with Gasteiger partial charge >= 0.3 is 6.09 Å². The van der Waals surface area contributed by atoms with Gasteiger partial charge in [-0.25, -0.2) is 9.78 Å². The third-order valence-electron chi connectivity index (χ3n) is 4.29. The summed E-state index contributed by atoms with van der Waals surface area (Å²) in [5, 5.41) is 1.67. The van der Waals surface area contributed by atoms with Crippen molar-refractivity contribution in [3.8, 4) is 5.75 Å². The minimum absolute atomic E-state index is 0.268. The van der Waals surface area contributed by atoms with E-state index in [0.29, 0.717) is 17.9 Å². The molecule has 1 atom stereocenters. The first-order valence-electron chi connectivity index (χ1n) is 7.97. The Labute approximate surface area is 144 Å². The van der Waals surface area contributed by atoms with Crippen molar-refractivity contribution in [2.24, 2.45) is 11.5 Å². The summed E-state index contributed by atoms with van der Waals surface area (Å²) in [6.07, 6.45) is 2.25. The number of nitrogens with zero attached hydrogens (tertiary/aromatic N) is 2. The zero-order valence-corrected chi connectivity index (χ0v) is 13.9. The minimum atomic E-state index is -0.773. The smallest absolute Gasteiger partial charge is 0.404 e. The molecule has 25 heavy (non-hydrogen) atoms. The highest BCUT2D eigenvalue weighted by molar-refractivity contribution is 6.03. The quantitative estimate of drug-likeness (QED) is 0.865. The molecule has 3 rings (SSSR count). The zero-order chi connectivity index (χ0) is 18.0. The Balaban J connectivity index is 2.01. The van der Waals surface area contributed by atoms with E-state index in [1.165, 1.54) is 7.11 Å². The maximum atomic E-state index is 11.6. The van der Waals surface area contributed by atoms with Gasteiger partial charge in [0.2, 0.25) is 0 Å². The highest BCUT2D eigenvalue weighted by atomic mass is 16.6. The summed E-state index contributed by atoms with van der Waals surface area (Å²) in [7, 11) is 1.49. The molecule has 1 saturated heterocycles. The Kier molecular flexibility index (Phi) is 4.60. The van der Waals surface area contributed by atoms with Gasteiger partial charge in [-0.05, 0) is 36.4 Å². The minimum Gasteiger partial charge on any atom is -0.496 e. The molecule has 4 N–H and O–H groups in total. The second kappa shape index (κ2) is 6.84. The Morgan fingerprint density at radius 3 is 2.80 bits per heavy atom. The number of carbonyl (C=O) groups excluding carboxylic acids is 2. The molecule has 0 spiro atoms. The number of hydrogen-bond acceptors (Lipinski definition) is 6.